The summed E-state index contributed by atoms with van der Waals surface area (Å²) in [5.74, 6) is 5.16. The zero-order valence-electron chi connectivity index (χ0n) is 19.6. The number of fused-ring (bicyclic) bond motifs is 5. The lowest BCUT2D eigenvalue weighted by Crippen LogP contribution is -2.50. The molecule has 4 aliphatic carbocycles. The fourth-order valence-electron chi connectivity index (χ4n) is 8.72. The maximum absolute atomic E-state index is 10.2. The first-order chi connectivity index (χ1) is 13.8. The second-order valence-electron chi connectivity index (χ2n) is 12.1. The van der Waals surface area contributed by atoms with Crippen LogP contribution >= 0.6 is 0 Å². The summed E-state index contributed by atoms with van der Waals surface area (Å²) in [6.45, 7) is 10.9. The van der Waals surface area contributed by atoms with Gasteiger partial charge in [-0.25, -0.2) is 0 Å². The van der Waals surface area contributed by atoms with E-state index in [4.69, 9.17) is 5.73 Å². The maximum atomic E-state index is 10.2. The molecule has 0 aromatic rings. The van der Waals surface area contributed by atoms with Gasteiger partial charge in [-0.2, -0.15) is 0 Å². The molecule has 4 rings (SSSR count). The van der Waals surface area contributed by atoms with Crippen molar-refractivity contribution in [3.63, 3.8) is 0 Å². The molecule has 3 N–H and O–H groups in total. The molecule has 29 heavy (non-hydrogen) atoms. The third-order valence-corrected chi connectivity index (χ3v) is 10.6. The summed E-state index contributed by atoms with van der Waals surface area (Å²) in [5.41, 5.74) is 8.38. The van der Waals surface area contributed by atoms with Gasteiger partial charge in [-0.1, -0.05) is 52.2 Å². The van der Waals surface area contributed by atoms with Crippen molar-refractivity contribution in [2.24, 2.45) is 52.1 Å². The van der Waals surface area contributed by atoms with E-state index in [-0.39, 0.29) is 6.10 Å². The second kappa shape index (κ2) is 8.30. The molecule has 0 spiro atoms. The Morgan fingerprint density at radius 3 is 2.62 bits per heavy atom. The van der Waals surface area contributed by atoms with Crippen molar-refractivity contribution in [2.75, 3.05) is 6.54 Å². The highest BCUT2D eigenvalue weighted by Crippen LogP contribution is 2.67. The van der Waals surface area contributed by atoms with Crippen LogP contribution in [0.3, 0.4) is 0 Å². The summed E-state index contributed by atoms with van der Waals surface area (Å²) in [6, 6.07) is 0. The third-order valence-electron chi connectivity index (χ3n) is 10.6. The van der Waals surface area contributed by atoms with Crippen LogP contribution in [-0.2, 0) is 0 Å². The van der Waals surface area contributed by atoms with Crippen LogP contribution in [-0.4, -0.2) is 17.8 Å². The third kappa shape index (κ3) is 3.75. The number of aliphatic hydroxyl groups is 1. The molecule has 0 aliphatic heterocycles. The zero-order chi connectivity index (χ0) is 20.8. The Bertz CT molecular complexity index is 614. The molecule has 166 valence electrons. The van der Waals surface area contributed by atoms with Gasteiger partial charge in [-0.3, -0.25) is 0 Å². The van der Waals surface area contributed by atoms with Crippen LogP contribution in [0, 0.1) is 46.3 Å². The molecule has 2 heteroatoms. The van der Waals surface area contributed by atoms with E-state index in [0.717, 1.165) is 49.0 Å². The van der Waals surface area contributed by atoms with E-state index in [1.807, 2.05) is 0 Å². The first kappa shape index (κ1) is 21.9. The van der Waals surface area contributed by atoms with Crippen LogP contribution < -0.4 is 5.73 Å². The van der Waals surface area contributed by atoms with Gasteiger partial charge < -0.3 is 10.8 Å². The van der Waals surface area contributed by atoms with Crippen molar-refractivity contribution in [2.45, 2.75) is 104 Å². The number of aliphatic hydroxyl groups excluding tert-OH is 1. The number of hydrogen-bond donors (Lipinski definition) is 2. The van der Waals surface area contributed by atoms with Crippen LogP contribution in [0.2, 0.25) is 0 Å². The fraction of sp³-hybridized carbons (Fsp3) is 0.926. The highest BCUT2D eigenvalue weighted by atomic mass is 16.3. The lowest BCUT2D eigenvalue weighted by molar-refractivity contribution is -0.0573. The van der Waals surface area contributed by atoms with Crippen LogP contribution in [0.1, 0.15) is 98.3 Å². The number of allylic oxidation sites excluding steroid dienone is 1. The first-order valence-corrected chi connectivity index (χ1v) is 12.9. The van der Waals surface area contributed by atoms with Crippen molar-refractivity contribution < 1.29 is 5.11 Å². The minimum Gasteiger partial charge on any atom is -0.393 e. The Hall–Kier alpha value is -0.340. The van der Waals surface area contributed by atoms with E-state index in [1.54, 1.807) is 5.57 Å². The van der Waals surface area contributed by atoms with Gasteiger partial charge in [0, 0.05) is 0 Å². The van der Waals surface area contributed by atoms with Crippen LogP contribution in [0.25, 0.3) is 0 Å². The van der Waals surface area contributed by atoms with Crippen molar-refractivity contribution in [3.8, 4) is 0 Å². The topological polar surface area (TPSA) is 46.2 Å². The van der Waals surface area contributed by atoms with Gasteiger partial charge in [0.1, 0.15) is 0 Å². The van der Waals surface area contributed by atoms with Gasteiger partial charge in [0.25, 0.3) is 0 Å². The van der Waals surface area contributed by atoms with Gasteiger partial charge in [-0.15, -0.1) is 0 Å². The van der Waals surface area contributed by atoms with Crippen molar-refractivity contribution in [1.29, 1.82) is 0 Å². The van der Waals surface area contributed by atoms with E-state index in [1.165, 1.54) is 57.8 Å². The van der Waals surface area contributed by atoms with E-state index >= 15 is 0 Å². The van der Waals surface area contributed by atoms with Gasteiger partial charge >= 0.3 is 0 Å². The largest absolute Gasteiger partial charge is 0.393 e. The van der Waals surface area contributed by atoms with Crippen molar-refractivity contribution in [3.05, 3.63) is 11.6 Å². The molecule has 0 aromatic carbocycles. The predicted octanol–water partition coefficient (Wildman–Crippen LogP) is 6.33. The normalized spacial score (nSPS) is 46.3. The van der Waals surface area contributed by atoms with Crippen LogP contribution in [0.4, 0.5) is 0 Å². The Labute approximate surface area is 180 Å². The smallest absolute Gasteiger partial charge is 0.0577 e. The quantitative estimate of drug-likeness (QED) is 0.511. The fourth-order valence-corrected chi connectivity index (χ4v) is 8.72. The highest BCUT2D eigenvalue weighted by molar-refractivity contribution is 5.25. The molecule has 0 bridgehead atoms. The molecule has 0 amide bonds. The van der Waals surface area contributed by atoms with Crippen LogP contribution in [0.5, 0.6) is 0 Å². The Morgan fingerprint density at radius 1 is 1.07 bits per heavy atom. The van der Waals surface area contributed by atoms with Crippen molar-refractivity contribution in [1.82, 2.24) is 0 Å². The molecule has 0 radical (unpaired) electrons. The average molecular weight is 402 g/mol. The number of nitrogens with two attached hydrogens (primary N) is 1. The molecular formula is C27H47NO. The lowest BCUT2D eigenvalue weighted by atomic mass is 9.47. The minimum absolute atomic E-state index is 0.0848. The van der Waals surface area contributed by atoms with Gasteiger partial charge in [0.2, 0.25) is 0 Å². The predicted molar refractivity (Wildman–Crippen MR) is 122 cm³/mol. The standard InChI is InChI=1S/C27H47NO/c1-18(17-28)6-5-7-19(2)23-10-11-24-22-9-8-20-16-21(29)12-14-26(20,3)25(22)13-15-27(23,24)4/h8,18-19,21-25,29H,5-7,9-17,28H2,1-4H3/t18-,19-,21+,22?,23?,24?,25?,26+,27-/m1/s1. The Balaban J connectivity index is 1.46. The summed E-state index contributed by atoms with van der Waals surface area (Å²) in [6.07, 6.45) is 16.8. The number of hydrogen-bond acceptors (Lipinski definition) is 2. The Kier molecular flexibility index (Phi) is 6.26. The molecule has 2 nitrogen and oxygen atoms in total. The molecule has 3 fully saturated rings. The average Bonchev–Trinajstić information content (AvgIpc) is 3.05. The molecule has 4 unspecified atom stereocenters. The molecule has 9 atom stereocenters. The molecule has 3 saturated carbocycles. The van der Waals surface area contributed by atoms with E-state index < -0.39 is 0 Å². The van der Waals surface area contributed by atoms with Gasteiger partial charge in [-0.05, 0) is 111 Å². The number of rotatable bonds is 6. The van der Waals surface area contributed by atoms with Crippen molar-refractivity contribution >= 4 is 0 Å². The Morgan fingerprint density at radius 2 is 1.86 bits per heavy atom. The van der Waals surface area contributed by atoms with E-state index in [0.29, 0.717) is 16.7 Å². The molecule has 0 saturated heterocycles. The van der Waals surface area contributed by atoms with E-state index in [2.05, 4.69) is 33.8 Å². The zero-order valence-corrected chi connectivity index (χ0v) is 19.6. The second-order valence-corrected chi connectivity index (χ2v) is 12.1. The molecular weight excluding hydrogens is 354 g/mol. The van der Waals surface area contributed by atoms with Gasteiger partial charge in [0.15, 0.2) is 0 Å². The molecule has 0 heterocycles. The minimum atomic E-state index is -0.0848. The summed E-state index contributed by atoms with van der Waals surface area (Å²) >= 11 is 0. The summed E-state index contributed by atoms with van der Waals surface area (Å²) in [5, 5.41) is 10.2. The van der Waals surface area contributed by atoms with E-state index in [9.17, 15) is 5.11 Å². The summed E-state index contributed by atoms with van der Waals surface area (Å²) < 4.78 is 0. The SMILES string of the molecule is C[C@@H](CN)CCC[C@@H](C)C1CCC2C3CC=C4C[C@@H](O)CC[C@]4(C)C3CC[C@@]21C. The monoisotopic (exact) mass is 401 g/mol. The summed E-state index contributed by atoms with van der Waals surface area (Å²) in [4.78, 5) is 0. The lowest BCUT2D eigenvalue weighted by Gasteiger charge is -2.58. The van der Waals surface area contributed by atoms with Gasteiger partial charge in [0.05, 0.1) is 6.10 Å². The highest BCUT2D eigenvalue weighted by Gasteiger charge is 2.59. The maximum Gasteiger partial charge on any atom is 0.0577 e. The first-order valence-electron chi connectivity index (χ1n) is 12.9. The summed E-state index contributed by atoms with van der Waals surface area (Å²) in [7, 11) is 0. The molecule has 0 aromatic heterocycles. The van der Waals surface area contributed by atoms with Crippen LogP contribution in [0.15, 0.2) is 11.6 Å². The molecule has 4 aliphatic rings.